The van der Waals surface area contributed by atoms with Crippen LogP contribution in [0.1, 0.15) is 33.4 Å². The molecular formula is C33H31N3. The average molecular weight is 470 g/mol. The molecule has 2 heterocycles. The van der Waals surface area contributed by atoms with Crippen LogP contribution >= 0.6 is 0 Å². The lowest BCUT2D eigenvalue weighted by molar-refractivity contribution is 1.03. The molecule has 0 atom stereocenters. The van der Waals surface area contributed by atoms with Crippen molar-refractivity contribution in [1.82, 2.24) is 14.1 Å². The fourth-order valence-corrected chi connectivity index (χ4v) is 6.13. The molecular weight excluding hydrogens is 438 g/mol. The van der Waals surface area contributed by atoms with E-state index < -0.39 is 0 Å². The van der Waals surface area contributed by atoms with E-state index in [1.54, 1.807) is 0 Å². The van der Waals surface area contributed by atoms with E-state index in [1.165, 1.54) is 66.6 Å². The quantitative estimate of drug-likeness (QED) is 0.255. The third-order valence-corrected chi connectivity index (χ3v) is 7.31. The third-order valence-electron chi connectivity index (χ3n) is 7.31. The number of aryl methyl sites for hydroxylation is 6. The summed E-state index contributed by atoms with van der Waals surface area (Å²) in [5, 5.41) is 2.50. The summed E-state index contributed by atoms with van der Waals surface area (Å²) in [5.74, 6) is 0.964. The molecule has 36 heavy (non-hydrogen) atoms. The van der Waals surface area contributed by atoms with Gasteiger partial charge in [-0.15, -0.1) is 0 Å². The van der Waals surface area contributed by atoms with Crippen LogP contribution in [0.25, 0.3) is 44.6 Å². The van der Waals surface area contributed by atoms with Gasteiger partial charge < -0.3 is 4.57 Å². The van der Waals surface area contributed by atoms with Crippen molar-refractivity contribution in [2.45, 2.75) is 41.5 Å². The van der Waals surface area contributed by atoms with Gasteiger partial charge in [0.25, 0.3) is 0 Å². The van der Waals surface area contributed by atoms with E-state index in [1.807, 2.05) is 6.20 Å². The van der Waals surface area contributed by atoms with Crippen molar-refractivity contribution in [3.05, 3.63) is 113 Å². The highest BCUT2D eigenvalue weighted by Crippen LogP contribution is 2.37. The molecule has 0 spiro atoms. The molecule has 0 bridgehead atoms. The summed E-state index contributed by atoms with van der Waals surface area (Å²) in [7, 11) is 0. The lowest BCUT2D eigenvalue weighted by Crippen LogP contribution is -2.02. The molecule has 0 fully saturated rings. The maximum atomic E-state index is 4.81. The van der Waals surface area contributed by atoms with Crippen LogP contribution < -0.4 is 0 Å². The predicted octanol–water partition coefficient (Wildman–Crippen LogP) is 8.49. The molecule has 3 nitrogen and oxygen atoms in total. The minimum absolute atomic E-state index is 0.964. The van der Waals surface area contributed by atoms with E-state index in [4.69, 9.17) is 4.98 Å². The number of rotatable bonds is 3. The van der Waals surface area contributed by atoms with Crippen LogP contribution in [-0.2, 0) is 0 Å². The molecule has 6 aromatic rings. The largest absolute Gasteiger partial charge is 0.309 e. The first kappa shape index (κ1) is 22.4. The van der Waals surface area contributed by atoms with Crippen LogP contribution in [0, 0.1) is 41.5 Å². The van der Waals surface area contributed by atoms with Crippen LogP contribution in [0.3, 0.4) is 0 Å². The molecule has 4 aromatic carbocycles. The van der Waals surface area contributed by atoms with Gasteiger partial charge >= 0.3 is 0 Å². The summed E-state index contributed by atoms with van der Waals surface area (Å²) in [6.07, 6.45) is 3.98. The van der Waals surface area contributed by atoms with Crippen LogP contribution in [0.15, 0.2) is 79.1 Å². The van der Waals surface area contributed by atoms with Gasteiger partial charge in [-0.3, -0.25) is 4.57 Å². The number of fused-ring (bicyclic) bond motifs is 3. The van der Waals surface area contributed by atoms with E-state index in [0.29, 0.717) is 0 Å². The van der Waals surface area contributed by atoms with E-state index in [2.05, 4.69) is 124 Å². The number of imidazole rings is 1. The first-order valence-corrected chi connectivity index (χ1v) is 12.6. The molecule has 0 saturated heterocycles. The Morgan fingerprint density at radius 2 is 1.17 bits per heavy atom. The predicted molar refractivity (Wildman–Crippen MR) is 152 cm³/mol. The highest BCUT2D eigenvalue weighted by Gasteiger charge is 2.18. The number of hydrogen-bond acceptors (Lipinski definition) is 1. The molecule has 3 heteroatoms. The van der Waals surface area contributed by atoms with Gasteiger partial charge in [-0.2, -0.15) is 0 Å². The zero-order valence-electron chi connectivity index (χ0n) is 21.8. The van der Waals surface area contributed by atoms with E-state index in [-0.39, 0.29) is 0 Å². The first-order valence-electron chi connectivity index (χ1n) is 12.6. The summed E-state index contributed by atoms with van der Waals surface area (Å²) in [4.78, 5) is 4.81. The van der Waals surface area contributed by atoms with Crippen molar-refractivity contribution in [3.63, 3.8) is 0 Å². The summed E-state index contributed by atoms with van der Waals surface area (Å²) >= 11 is 0. The van der Waals surface area contributed by atoms with Crippen LogP contribution in [0.5, 0.6) is 0 Å². The molecule has 0 saturated carbocycles. The van der Waals surface area contributed by atoms with Crippen molar-refractivity contribution in [2.24, 2.45) is 0 Å². The molecule has 0 radical (unpaired) electrons. The minimum atomic E-state index is 0.964. The Morgan fingerprint density at radius 3 is 1.83 bits per heavy atom. The molecule has 0 aliphatic carbocycles. The third kappa shape index (κ3) is 3.38. The van der Waals surface area contributed by atoms with Crippen LogP contribution in [0.2, 0.25) is 0 Å². The molecule has 0 N–H and O–H groups in total. The summed E-state index contributed by atoms with van der Waals surface area (Å²) in [6.45, 7) is 13.1. The van der Waals surface area contributed by atoms with Gasteiger partial charge in [0.15, 0.2) is 0 Å². The topological polar surface area (TPSA) is 22.8 Å². The number of nitrogens with zero attached hydrogens (tertiary/aromatic N) is 3. The van der Waals surface area contributed by atoms with Crippen LogP contribution in [-0.4, -0.2) is 14.1 Å². The van der Waals surface area contributed by atoms with Gasteiger partial charge in [-0.25, -0.2) is 4.98 Å². The monoisotopic (exact) mass is 469 g/mol. The normalized spacial score (nSPS) is 11.6. The Bertz CT molecular complexity index is 1750. The number of hydrogen-bond donors (Lipinski definition) is 0. The maximum Gasteiger partial charge on any atom is 0.144 e. The lowest BCUT2D eigenvalue weighted by atomic mass is 10.0. The molecule has 178 valence electrons. The van der Waals surface area contributed by atoms with Crippen molar-refractivity contribution < 1.29 is 0 Å². The second kappa shape index (κ2) is 8.23. The van der Waals surface area contributed by atoms with Crippen molar-refractivity contribution in [2.75, 3.05) is 0 Å². The average Bonchev–Trinajstić information content (AvgIpc) is 3.41. The maximum absolute atomic E-state index is 4.81. The zero-order valence-corrected chi connectivity index (χ0v) is 21.8. The van der Waals surface area contributed by atoms with E-state index in [0.717, 1.165) is 11.4 Å². The van der Waals surface area contributed by atoms with Gasteiger partial charge in [0.1, 0.15) is 5.82 Å². The van der Waals surface area contributed by atoms with E-state index in [9.17, 15) is 0 Å². The number of para-hydroxylation sites is 1. The zero-order chi connectivity index (χ0) is 25.1. The highest BCUT2D eigenvalue weighted by atomic mass is 15.1. The van der Waals surface area contributed by atoms with Gasteiger partial charge in [0.2, 0.25) is 0 Å². The van der Waals surface area contributed by atoms with Gasteiger partial charge in [0.05, 0.1) is 22.4 Å². The Kier molecular flexibility index (Phi) is 5.11. The Balaban J connectivity index is 1.61. The molecule has 0 unspecified atom stereocenters. The van der Waals surface area contributed by atoms with Crippen molar-refractivity contribution in [1.29, 1.82) is 0 Å². The molecule has 0 aliphatic rings. The first-order chi connectivity index (χ1) is 17.3. The fraction of sp³-hybridized carbons (Fsp3) is 0.182. The van der Waals surface area contributed by atoms with Gasteiger partial charge in [0, 0.05) is 28.7 Å². The second-order valence-corrected chi connectivity index (χ2v) is 10.2. The van der Waals surface area contributed by atoms with Crippen molar-refractivity contribution in [3.8, 4) is 22.8 Å². The number of benzene rings is 4. The molecule has 2 aromatic heterocycles. The standard InChI is InChI=1S/C33H31N3/c1-20-15-22(3)31(23(4)16-20)35-14-13-34-33(35)26-11-12-30-28(19-26)27-9-7-8-10-29(27)36(30)32-24(5)17-21(2)18-25(32)6/h7-19H,1-6H3. The lowest BCUT2D eigenvalue weighted by Gasteiger charge is -2.16. The Hall–Kier alpha value is -4.11. The molecule has 6 rings (SSSR count). The molecule has 0 amide bonds. The van der Waals surface area contributed by atoms with E-state index >= 15 is 0 Å². The smallest absolute Gasteiger partial charge is 0.144 e. The summed E-state index contributed by atoms with van der Waals surface area (Å²) in [5.41, 5.74) is 13.7. The van der Waals surface area contributed by atoms with Gasteiger partial charge in [-0.05, 0) is 88.1 Å². The second-order valence-electron chi connectivity index (χ2n) is 10.2. The fourth-order valence-electron chi connectivity index (χ4n) is 6.13. The summed E-state index contributed by atoms with van der Waals surface area (Å²) < 4.78 is 4.66. The highest BCUT2D eigenvalue weighted by molar-refractivity contribution is 6.10. The van der Waals surface area contributed by atoms with Gasteiger partial charge in [-0.1, -0.05) is 53.6 Å². The minimum Gasteiger partial charge on any atom is -0.309 e. The number of aromatic nitrogens is 3. The SMILES string of the molecule is Cc1cc(C)c(-n2ccnc2-c2ccc3c(c2)c2ccccc2n3-c2c(C)cc(C)cc2C)c(C)c1. The Morgan fingerprint density at radius 1 is 0.583 bits per heavy atom. The van der Waals surface area contributed by atoms with Crippen molar-refractivity contribution >= 4 is 21.8 Å². The van der Waals surface area contributed by atoms with Crippen LogP contribution in [0.4, 0.5) is 0 Å². The Labute approximate surface area is 212 Å². The molecule has 0 aliphatic heterocycles. The summed E-state index contributed by atoms with van der Waals surface area (Å²) in [6, 6.07) is 24.6.